The first-order chi connectivity index (χ1) is 34.7. The number of hydrogen-bond donors (Lipinski definition) is 3. The number of nitrogens with zero attached hydrogens (tertiary/aromatic N) is 10. The van der Waals surface area contributed by atoms with Crippen molar-refractivity contribution in [3.63, 3.8) is 0 Å². The molecule has 0 saturated carbocycles. The standard InChI is InChI=1S/C50H60F2N11O9.ClH/c1-5-45(33(2)65)63-48(67)62(31-56-63)40-11-9-38(10-12-40)58-19-21-59(22-20-58)39-13-15-41(16-14-39)69-26-35-24-50(71-27-35,42-17-8-37(51)23-43(42)52)29-61-32-60(30-55-61)34(3)72-49(68)57(4)46-36(7-6-18-54-46)28-70-47(66)44(53)25-64;/h6-18,23,30-35,44-45,64-65H,5,19-22,24-29,53H2,1-4H3;1H/q+1;/p-1/t33-,34?,35+,44-,45-,50-;/m0./s1. The number of esters is 1. The predicted octanol–water partition coefficient (Wildman–Crippen LogP) is 1.02. The van der Waals surface area contributed by atoms with Gasteiger partial charge in [-0.3, -0.25) is 9.69 Å². The first kappa shape index (κ1) is 53.8. The fraction of sp³-hybridized carbons (Fsp3) is 0.420. The number of hydrogen-bond acceptors (Lipinski definition) is 15. The lowest BCUT2D eigenvalue weighted by atomic mass is 9.87. The second-order valence-electron chi connectivity index (χ2n) is 18.1. The average Bonchev–Trinajstić information content (AvgIpc) is 4.14. The summed E-state index contributed by atoms with van der Waals surface area (Å²) >= 11 is 0. The minimum Gasteiger partial charge on any atom is -1.00 e. The van der Waals surface area contributed by atoms with Crippen molar-refractivity contribution in [1.82, 2.24) is 29.1 Å². The van der Waals surface area contributed by atoms with Crippen molar-refractivity contribution in [1.29, 1.82) is 0 Å². The number of benzene rings is 3. The van der Waals surface area contributed by atoms with Crippen LogP contribution in [0.5, 0.6) is 5.75 Å². The van der Waals surface area contributed by atoms with Crippen molar-refractivity contribution in [3.8, 4) is 11.4 Å². The van der Waals surface area contributed by atoms with Crippen molar-refractivity contribution in [2.45, 2.75) is 76.8 Å². The molecule has 390 valence electrons. The van der Waals surface area contributed by atoms with E-state index in [1.807, 2.05) is 55.5 Å². The van der Waals surface area contributed by atoms with E-state index in [1.165, 1.54) is 47.3 Å². The van der Waals surface area contributed by atoms with Crippen LogP contribution >= 0.6 is 0 Å². The van der Waals surface area contributed by atoms with Crippen LogP contribution in [0.1, 0.15) is 57.0 Å². The quantitative estimate of drug-likeness (QED) is 0.0762. The molecule has 0 spiro atoms. The highest BCUT2D eigenvalue weighted by atomic mass is 35.5. The van der Waals surface area contributed by atoms with Gasteiger partial charge in [0.05, 0.1) is 37.7 Å². The lowest BCUT2D eigenvalue weighted by Gasteiger charge is -2.37. The Kier molecular flexibility index (Phi) is 17.5. The van der Waals surface area contributed by atoms with Crippen LogP contribution in [0.4, 0.5) is 30.8 Å². The predicted molar refractivity (Wildman–Crippen MR) is 258 cm³/mol. The summed E-state index contributed by atoms with van der Waals surface area (Å²) in [6.07, 6.45) is 4.56. The lowest BCUT2D eigenvalue weighted by Crippen LogP contribution is -3.00. The van der Waals surface area contributed by atoms with E-state index in [9.17, 15) is 23.9 Å². The highest BCUT2D eigenvalue weighted by molar-refractivity contribution is 5.86. The zero-order chi connectivity index (χ0) is 51.1. The highest BCUT2D eigenvalue weighted by Gasteiger charge is 2.46. The minimum atomic E-state index is -1.24. The Morgan fingerprint density at radius 2 is 1.66 bits per heavy atom. The number of ether oxygens (including phenoxy) is 4. The molecule has 8 rings (SSSR count). The van der Waals surface area contributed by atoms with E-state index in [0.29, 0.717) is 29.8 Å². The number of aromatic nitrogens is 7. The maximum absolute atomic E-state index is 15.6. The fourth-order valence-electron chi connectivity index (χ4n) is 9.08. The first-order valence-electron chi connectivity index (χ1n) is 23.8. The zero-order valence-electron chi connectivity index (χ0n) is 40.9. The number of halogens is 3. The van der Waals surface area contributed by atoms with E-state index in [0.717, 1.165) is 48.5 Å². The molecule has 1 amide bonds. The number of nitrogens with two attached hydrogens (primary N) is 1. The second-order valence-corrected chi connectivity index (χ2v) is 18.1. The number of piperazine rings is 1. The van der Waals surface area contributed by atoms with Crippen molar-refractivity contribution >= 4 is 29.3 Å². The molecule has 2 aliphatic heterocycles. The molecule has 1 unspecified atom stereocenters. The van der Waals surface area contributed by atoms with Gasteiger partial charge in [0.2, 0.25) is 12.6 Å². The SMILES string of the molecule is CC[C@@H]([C@H](C)O)n1ncn(-c2ccc(N3CCN(c4ccc(OC[C@@H]5CO[C@@](Cn6c[n+](C(C)OC(=O)N(C)c7ncccc7COC(=O)[C@@H](N)CO)cn6)(c6ccc(F)cc6F)C5)cc4)CC3)cc2)c1=O.[Cl-]. The van der Waals surface area contributed by atoms with Crippen LogP contribution in [0.2, 0.25) is 0 Å². The molecule has 0 aliphatic carbocycles. The van der Waals surface area contributed by atoms with Crippen molar-refractivity contribution in [3.05, 3.63) is 137 Å². The lowest BCUT2D eigenvalue weighted by molar-refractivity contribution is -0.753. The summed E-state index contributed by atoms with van der Waals surface area (Å²) in [6, 6.07) is 20.8. The Labute approximate surface area is 426 Å². The van der Waals surface area contributed by atoms with Gasteiger partial charge in [0, 0.05) is 85.9 Å². The molecule has 20 nitrogen and oxygen atoms in total. The van der Waals surface area contributed by atoms with E-state index < -0.39 is 60.3 Å². The second kappa shape index (κ2) is 23.7. The van der Waals surface area contributed by atoms with Gasteiger partial charge < -0.3 is 57.1 Å². The summed E-state index contributed by atoms with van der Waals surface area (Å²) in [5.41, 5.74) is 7.38. The fourth-order valence-corrected chi connectivity index (χ4v) is 9.08. The van der Waals surface area contributed by atoms with Crippen LogP contribution in [-0.2, 0) is 37.8 Å². The third kappa shape index (κ3) is 12.3. The molecular formula is C50H60ClF2N11O9. The number of carbonyl (C=O) groups excluding carboxylic acids is 2. The summed E-state index contributed by atoms with van der Waals surface area (Å²) in [6.45, 7) is 8.09. The van der Waals surface area contributed by atoms with E-state index in [4.69, 9.17) is 29.8 Å². The first-order valence-corrected chi connectivity index (χ1v) is 23.8. The molecule has 23 heteroatoms. The highest BCUT2D eigenvalue weighted by Crippen LogP contribution is 2.42. The molecule has 5 heterocycles. The Bertz CT molecular complexity index is 2860. The number of amides is 1. The number of pyridine rings is 1. The minimum absolute atomic E-state index is 0. The van der Waals surface area contributed by atoms with Gasteiger partial charge in [0.25, 0.3) is 6.33 Å². The molecule has 0 radical (unpaired) electrons. The van der Waals surface area contributed by atoms with Crippen molar-refractivity contribution in [2.75, 3.05) is 67.7 Å². The van der Waals surface area contributed by atoms with E-state index in [1.54, 1.807) is 41.6 Å². The normalized spacial score (nSPS) is 18.3. The smallest absolute Gasteiger partial charge is 0.418 e. The summed E-state index contributed by atoms with van der Waals surface area (Å²) in [5, 5.41) is 28.0. The van der Waals surface area contributed by atoms with Crippen molar-refractivity contribution < 1.29 is 64.5 Å². The Morgan fingerprint density at radius 3 is 2.30 bits per heavy atom. The monoisotopic (exact) mass is 1030 g/mol. The summed E-state index contributed by atoms with van der Waals surface area (Å²) in [5.74, 6) is -1.62. The van der Waals surface area contributed by atoms with Gasteiger partial charge in [-0.25, -0.2) is 32.6 Å². The Morgan fingerprint density at radius 1 is 0.986 bits per heavy atom. The largest absolute Gasteiger partial charge is 1.00 e. The average molecular weight is 1030 g/mol. The number of anilines is 3. The van der Waals surface area contributed by atoms with Crippen molar-refractivity contribution in [2.24, 2.45) is 11.7 Å². The Hall–Kier alpha value is -6.98. The third-order valence-electron chi connectivity index (χ3n) is 13.1. The molecule has 2 fully saturated rings. The van der Waals surface area contributed by atoms with E-state index in [2.05, 4.69) is 25.0 Å². The molecule has 4 N–H and O–H groups in total. The van der Waals surface area contributed by atoms with Gasteiger partial charge in [0.15, 0.2) is 0 Å². The maximum Gasteiger partial charge on any atom is 0.418 e. The van der Waals surface area contributed by atoms with Gasteiger partial charge in [0.1, 0.15) is 54.3 Å². The van der Waals surface area contributed by atoms with Gasteiger partial charge in [-0.05, 0) is 80.4 Å². The van der Waals surface area contributed by atoms with Gasteiger partial charge in [-0.1, -0.05) is 19.1 Å². The molecule has 3 aromatic heterocycles. The molecule has 0 bridgehead atoms. The van der Waals surface area contributed by atoms with E-state index >= 15 is 4.39 Å². The zero-order valence-corrected chi connectivity index (χ0v) is 41.7. The molecule has 6 aromatic rings. The molecule has 2 aliphatic rings. The van der Waals surface area contributed by atoms with Crippen LogP contribution in [0.25, 0.3) is 5.69 Å². The maximum atomic E-state index is 15.6. The van der Waals surface area contributed by atoms with Crippen LogP contribution in [0.3, 0.4) is 0 Å². The Balaban J connectivity index is 0.00000780. The molecule has 3 aromatic carbocycles. The summed E-state index contributed by atoms with van der Waals surface area (Å²) < 4.78 is 59.3. The van der Waals surface area contributed by atoms with Crippen LogP contribution in [0, 0.1) is 17.6 Å². The van der Waals surface area contributed by atoms with Gasteiger partial charge in [-0.15, -0.1) is 4.68 Å². The molecule has 6 atom stereocenters. The van der Waals surface area contributed by atoms with Crippen LogP contribution in [-0.4, -0.2) is 117 Å². The van der Waals surface area contributed by atoms with Gasteiger partial charge in [-0.2, -0.15) is 9.67 Å². The van der Waals surface area contributed by atoms with Crippen LogP contribution in [0.15, 0.2) is 109 Å². The summed E-state index contributed by atoms with van der Waals surface area (Å²) in [4.78, 5) is 48.5. The topological polar surface area (TPSA) is 222 Å². The van der Waals surface area contributed by atoms with Gasteiger partial charge >= 0.3 is 17.8 Å². The number of carbonyl (C=O) groups is 2. The summed E-state index contributed by atoms with van der Waals surface area (Å²) in [7, 11) is 1.45. The van der Waals surface area contributed by atoms with Crippen LogP contribution < -0.4 is 47.8 Å². The molecule has 73 heavy (non-hydrogen) atoms. The van der Waals surface area contributed by atoms with E-state index in [-0.39, 0.29) is 61.8 Å². The number of aliphatic hydroxyl groups excluding tert-OH is 2. The number of aliphatic hydroxyl groups is 2. The molecular weight excluding hydrogens is 972 g/mol. The third-order valence-corrected chi connectivity index (χ3v) is 13.1. The number of rotatable bonds is 19. The molecule has 2 saturated heterocycles.